The van der Waals surface area contributed by atoms with Crippen molar-refractivity contribution in [3.05, 3.63) is 29.5 Å². The van der Waals surface area contributed by atoms with E-state index in [0.717, 1.165) is 34.8 Å². The maximum Gasteiger partial charge on any atom is 0.236 e. The molecule has 2 fully saturated rings. The van der Waals surface area contributed by atoms with Crippen molar-refractivity contribution < 1.29 is 4.42 Å². The third-order valence-corrected chi connectivity index (χ3v) is 4.99. The average molecular weight is 275 g/mol. The van der Waals surface area contributed by atoms with Crippen LogP contribution in [0, 0.1) is 11.8 Å². The smallest absolute Gasteiger partial charge is 0.236 e. The molecule has 19 heavy (non-hydrogen) atoms. The first kappa shape index (κ1) is 11.6. The van der Waals surface area contributed by atoms with E-state index in [2.05, 4.69) is 15.2 Å². The molecule has 4 heterocycles. The second-order valence-electron chi connectivity index (χ2n) is 5.49. The Hall–Kier alpha value is -1.17. The van der Waals surface area contributed by atoms with Gasteiger partial charge in [0.05, 0.1) is 10.6 Å². The molecule has 0 aromatic carbocycles. The van der Waals surface area contributed by atoms with Crippen LogP contribution in [0.25, 0.3) is 10.8 Å². The van der Waals surface area contributed by atoms with Gasteiger partial charge in [0.25, 0.3) is 0 Å². The van der Waals surface area contributed by atoms with Gasteiger partial charge in [-0.3, -0.25) is 4.90 Å². The van der Waals surface area contributed by atoms with Gasteiger partial charge in [-0.25, -0.2) is 4.98 Å². The molecular weight excluding hydrogens is 258 g/mol. The predicted octanol–water partition coefficient (Wildman–Crippen LogP) is 2.05. The average Bonchev–Trinajstić information content (AvgIpc) is 3.12. The van der Waals surface area contributed by atoms with E-state index in [1.165, 1.54) is 26.2 Å². The lowest BCUT2D eigenvalue weighted by Gasteiger charge is -2.14. The second-order valence-corrected chi connectivity index (χ2v) is 6.44. The number of oxazole rings is 1. The van der Waals surface area contributed by atoms with Crippen LogP contribution in [-0.4, -0.2) is 36.1 Å². The third kappa shape index (κ3) is 2.22. The standard InChI is InChI=1S/C14H17N3OS/c1-2-13(19-3-1)14-16-12(9-18-14)8-17-6-10-4-15-5-11(10)7-17/h1-3,9-11,15H,4-8H2. The number of likely N-dealkylation sites (tertiary alicyclic amines) is 1. The number of rotatable bonds is 3. The lowest BCUT2D eigenvalue weighted by atomic mass is 10.0. The molecule has 2 saturated heterocycles. The molecule has 100 valence electrons. The van der Waals surface area contributed by atoms with E-state index in [1.807, 2.05) is 17.5 Å². The van der Waals surface area contributed by atoms with Crippen molar-refractivity contribution in [1.82, 2.24) is 15.2 Å². The Kier molecular flexibility index (Phi) is 2.90. The molecule has 0 saturated carbocycles. The molecule has 2 aromatic rings. The molecule has 0 aliphatic carbocycles. The van der Waals surface area contributed by atoms with E-state index in [0.29, 0.717) is 0 Å². The van der Waals surface area contributed by atoms with Crippen molar-refractivity contribution in [2.75, 3.05) is 26.2 Å². The van der Waals surface area contributed by atoms with Crippen LogP contribution < -0.4 is 5.32 Å². The topological polar surface area (TPSA) is 41.3 Å². The van der Waals surface area contributed by atoms with Crippen LogP contribution in [0.2, 0.25) is 0 Å². The maximum atomic E-state index is 5.57. The molecule has 0 spiro atoms. The Morgan fingerprint density at radius 1 is 1.37 bits per heavy atom. The maximum absolute atomic E-state index is 5.57. The van der Waals surface area contributed by atoms with Crippen LogP contribution in [0.3, 0.4) is 0 Å². The first-order valence-corrected chi connectivity index (χ1v) is 7.68. The summed E-state index contributed by atoms with van der Waals surface area (Å²) >= 11 is 1.67. The van der Waals surface area contributed by atoms with Gasteiger partial charge in [-0.2, -0.15) is 0 Å². The molecule has 2 aliphatic rings. The zero-order valence-corrected chi connectivity index (χ0v) is 11.5. The lowest BCUT2D eigenvalue weighted by Crippen LogP contribution is -2.25. The van der Waals surface area contributed by atoms with E-state index in [4.69, 9.17) is 4.42 Å². The van der Waals surface area contributed by atoms with Gasteiger partial charge in [0.15, 0.2) is 0 Å². The zero-order chi connectivity index (χ0) is 12.7. The molecule has 2 aromatic heterocycles. The summed E-state index contributed by atoms with van der Waals surface area (Å²) in [6.45, 7) is 5.67. The normalized spacial score (nSPS) is 26.9. The molecule has 2 aliphatic heterocycles. The van der Waals surface area contributed by atoms with Crippen LogP contribution in [0.5, 0.6) is 0 Å². The van der Waals surface area contributed by atoms with Crippen molar-refractivity contribution in [3.63, 3.8) is 0 Å². The number of hydrogen-bond donors (Lipinski definition) is 1. The van der Waals surface area contributed by atoms with E-state index >= 15 is 0 Å². The van der Waals surface area contributed by atoms with Crippen molar-refractivity contribution in [2.45, 2.75) is 6.54 Å². The molecule has 4 rings (SSSR count). The third-order valence-electron chi connectivity index (χ3n) is 4.13. The highest BCUT2D eigenvalue weighted by Gasteiger charge is 2.36. The molecule has 0 radical (unpaired) electrons. The molecule has 1 N–H and O–H groups in total. The number of aromatic nitrogens is 1. The molecule has 2 atom stereocenters. The van der Waals surface area contributed by atoms with Gasteiger partial charge < -0.3 is 9.73 Å². The molecule has 2 unspecified atom stereocenters. The number of nitrogens with one attached hydrogen (secondary N) is 1. The molecule has 5 heteroatoms. The van der Waals surface area contributed by atoms with Crippen LogP contribution in [-0.2, 0) is 6.54 Å². The number of nitrogens with zero attached hydrogens (tertiary/aromatic N) is 2. The van der Waals surface area contributed by atoms with Gasteiger partial charge in [0.1, 0.15) is 6.26 Å². The highest BCUT2D eigenvalue weighted by atomic mass is 32.1. The highest BCUT2D eigenvalue weighted by molar-refractivity contribution is 7.13. The number of hydrogen-bond acceptors (Lipinski definition) is 5. The van der Waals surface area contributed by atoms with Crippen molar-refractivity contribution in [1.29, 1.82) is 0 Å². The summed E-state index contributed by atoms with van der Waals surface area (Å²) in [5.41, 5.74) is 1.05. The molecule has 4 nitrogen and oxygen atoms in total. The minimum absolute atomic E-state index is 0.756. The van der Waals surface area contributed by atoms with Crippen LogP contribution >= 0.6 is 11.3 Å². The highest BCUT2D eigenvalue weighted by Crippen LogP contribution is 2.28. The van der Waals surface area contributed by atoms with Gasteiger partial charge in [0.2, 0.25) is 5.89 Å². The fourth-order valence-electron chi connectivity index (χ4n) is 3.20. The Labute approximate surface area is 116 Å². The summed E-state index contributed by atoms with van der Waals surface area (Å²) in [4.78, 5) is 8.21. The minimum atomic E-state index is 0.756. The fourth-order valence-corrected chi connectivity index (χ4v) is 3.86. The summed E-state index contributed by atoms with van der Waals surface area (Å²) in [6, 6.07) is 4.07. The second kappa shape index (κ2) is 4.74. The quantitative estimate of drug-likeness (QED) is 0.931. The van der Waals surface area contributed by atoms with Gasteiger partial charge in [-0.1, -0.05) is 6.07 Å². The zero-order valence-electron chi connectivity index (χ0n) is 10.7. The van der Waals surface area contributed by atoms with Crippen molar-refractivity contribution in [2.24, 2.45) is 11.8 Å². The molecule has 0 amide bonds. The van der Waals surface area contributed by atoms with Crippen LogP contribution in [0.1, 0.15) is 5.69 Å². The van der Waals surface area contributed by atoms with E-state index < -0.39 is 0 Å². The molecular formula is C14H17N3OS. The largest absolute Gasteiger partial charge is 0.444 e. The summed E-state index contributed by atoms with van der Waals surface area (Å²) in [6.07, 6.45) is 1.81. The first-order valence-electron chi connectivity index (χ1n) is 6.80. The van der Waals surface area contributed by atoms with E-state index in [1.54, 1.807) is 17.6 Å². The summed E-state index contributed by atoms with van der Waals surface area (Å²) < 4.78 is 5.57. The van der Waals surface area contributed by atoms with Crippen molar-refractivity contribution in [3.8, 4) is 10.8 Å². The van der Waals surface area contributed by atoms with E-state index in [-0.39, 0.29) is 0 Å². The monoisotopic (exact) mass is 275 g/mol. The summed E-state index contributed by atoms with van der Waals surface area (Å²) in [5, 5.41) is 5.52. The summed E-state index contributed by atoms with van der Waals surface area (Å²) in [5.74, 6) is 2.43. The fraction of sp³-hybridized carbons (Fsp3) is 0.500. The Morgan fingerprint density at radius 3 is 2.95 bits per heavy atom. The SMILES string of the molecule is c1csc(-c2nc(CN3CC4CNCC4C3)co2)c1. The lowest BCUT2D eigenvalue weighted by molar-refractivity contribution is 0.302. The number of thiophene rings is 1. The van der Waals surface area contributed by atoms with E-state index in [9.17, 15) is 0 Å². The predicted molar refractivity (Wildman–Crippen MR) is 74.9 cm³/mol. The van der Waals surface area contributed by atoms with Crippen LogP contribution in [0.15, 0.2) is 28.2 Å². The van der Waals surface area contributed by atoms with Gasteiger partial charge >= 0.3 is 0 Å². The Balaban J connectivity index is 1.44. The van der Waals surface area contributed by atoms with Gasteiger partial charge in [-0.05, 0) is 36.4 Å². The van der Waals surface area contributed by atoms with Gasteiger partial charge in [-0.15, -0.1) is 11.3 Å². The Morgan fingerprint density at radius 2 is 2.21 bits per heavy atom. The molecule has 0 bridgehead atoms. The summed E-state index contributed by atoms with van der Waals surface area (Å²) in [7, 11) is 0. The van der Waals surface area contributed by atoms with Gasteiger partial charge in [0, 0.05) is 19.6 Å². The van der Waals surface area contributed by atoms with Crippen LogP contribution in [0.4, 0.5) is 0 Å². The first-order chi connectivity index (χ1) is 9.38. The Bertz CT molecular complexity index is 539. The minimum Gasteiger partial charge on any atom is -0.444 e. The van der Waals surface area contributed by atoms with Crippen molar-refractivity contribution >= 4 is 11.3 Å². The number of fused-ring (bicyclic) bond motifs is 1.